The van der Waals surface area contributed by atoms with Crippen molar-refractivity contribution in [3.05, 3.63) is 83.3 Å². The molecule has 10 nitrogen and oxygen atoms in total. The monoisotopic (exact) mass is 592 g/mol. The molecule has 0 saturated carbocycles. The molecule has 1 saturated heterocycles. The number of rotatable bonds is 9. The Morgan fingerprint density at radius 1 is 1.12 bits per heavy atom. The first-order valence-electron chi connectivity index (χ1n) is 14.2. The number of thiazole rings is 1. The summed E-state index contributed by atoms with van der Waals surface area (Å²) in [4.78, 5) is 27.6. The van der Waals surface area contributed by atoms with Gasteiger partial charge in [0.15, 0.2) is 15.8 Å². The summed E-state index contributed by atoms with van der Waals surface area (Å²) in [7, 11) is 0. The van der Waals surface area contributed by atoms with E-state index in [4.69, 9.17) is 16.3 Å². The molecular formula is C32H32N8O2S. The Morgan fingerprint density at radius 3 is 2.42 bits per heavy atom. The van der Waals surface area contributed by atoms with Crippen molar-refractivity contribution in [2.75, 3.05) is 18.0 Å². The van der Waals surface area contributed by atoms with Gasteiger partial charge in [-0.2, -0.15) is 10.2 Å². The summed E-state index contributed by atoms with van der Waals surface area (Å²) in [5, 5.41) is 20.0. The molecule has 218 valence electrons. The minimum atomic E-state index is -0.490. The van der Waals surface area contributed by atoms with E-state index < -0.39 is 5.41 Å². The molecule has 0 spiro atoms. The summed E-state index contributed by atoms with van der Waals surface area (Å²) in [6.07, 6.45) is 2.05. The first-order valence-corrected chi connectivity index (χ1v) is 15.0. The minimum absolute atomic E-state index is 0.0130. The van der Waals surface area contributed by atoms with E-state index in [9.17, 15) is 10.1 Å². The number of nitrogens with zero attached hydrogens (tertiary/aromatic N) is 8. The molecule has 2 aromatic heterocycles. The largest absolute Gasteiger partial charge is 0.462 e. The highest BCUT2D eigenvalue weighted by Crippen LogP contribution is 2.41. The Morgan fingerprint density at radius 2 is 1.79 bits per heavy atom. The number of carbonyl (C=O) groups excluding carboxylic acids is 1. The first-order chi connectivity index (χ1) is 20.8. The van der Waals surface area contributed by atoms with Crippen molar-refractivity contribution in [1.29, 1.82) is 5.26 Å². The van der Waals surface area contributed by atoms with Crippen LogP contribution in [0.4, 0.5) is 21.9 Å². The molecule has 2 aromatic carbocycles. The van der Waals surface area contributed by atoms with Crippen LogP contribution in [0.15, 0.2) is 70.9 Å². The Balaban J connectivity index is 1.42. The number of imidazole rings is 1. The Bertz CT molecular complexity index is 1690. The number of nitriles is 1. The van der Waals surface area contributed by atoms with E-state index in [1.165, 1.54) is 11.3 Å². The van der Waals surface area contributed by atoms with Gasteiger partial charge in [0.05, 0.1) is 5.41 Å². The van der Waals surface area contributed by atoms with Gasteiger partial charge in [0.1, 0.15) is 24.4 Å². The summed E-state index contributed by atoms with van der Waals surface area (Å²) in [6.45, 7) is 15.2. The lowest BCUT2D eigenvalue weighted by atomic mass is 9.90. The van der Waals surface area contributed by atoms with Gasteiger partial charge in [0.2, 0.25) is 0 Å². The quantitative estimate of drug-likeness (QED) is 0.111. The van der Waals surface area contributed by atoms with Crippen LogP contribution in [0.2, 0.25) is 0 Å². The van der Waals surface area contributed by atoms with Crippen molar-refractivity contribution in [3.63, 3.8) is 0 Å². The van der Waals surface area contributed by atoms with Gasteiger partial charge in [-0.25, -0.2) is 4.98 Å². The summed E-state index contributed by atoms with van der Waals surface area (Å²) in [5.41, 5.74) is 2.06. The molecule has 0 atom stereocenters. The predicted molar refractivity (Wildman–Crippen MR) is 166 cm³/mol. The molecule has 0 unspecified atom stereocenters. The highest BCUT2D eigenvalue weighted by molar-refractivity contribution is 7.19. The van der Waals surface area contributed by atoms with Gasteiger partial charge >= 0.3 is 11.9 Å². The lowest BCUT2D eigenvalue weighted by Gasteiger charge is -2.33. The van der Waals surface area contributed by atoms with Crippen molar-refractivity contribution >= 4 is 39.2 Å². The Kier molecular flexibility index (Phi) is 8.93. The third-order valence-corrected chi connectivity index (χ3v) is 8.61. The number of aromatic nitrogens is 3. The maximum absolute atomic E-state index is 12.6. The molecule has 4 aromatic rings. The van der Waals surface area contributed by atoms with Crippen LogP contribution in [0.1, 0.15) is 51.3 Å². The van der Waals surface area contributed by atoms with Gasteiger partial charge in [0, 0.05) is 31.5 Å². The van der Waals surface area contributed by atoms with Crippen LogP contribution in [-0.4, -0.2) is 39.7 Å². The van der Waals surface area contributed by atoms with Crippen LogP contribution in [0, 0.1) is 23.3 Å². The van der Waals surface area contributed by atoms with E-state index in [0.29, 0.717) is 30.3 Å². The van der Waals surface area contributed by atoms with Crippen LogP contribution >= 0.6 is 11.3 Å². The molecule has 0 N–H and O–H groups in total. The predicted octanol–water partition coefficient (Wildman–Crippen LogP) is 7.84. The number of carbonyl (C=O) groups is 1. The Hall–Kier alpha value is -4.87. The molecule has 11 heteroatoms. The average Bonchev–Trinajstić information content (AvgIpc) is 3.62. The molecule has 1 aliphatic rings. The summed E-state index contributed by atoms with van der Waals surface area (Å²) >= 11 is 1.42. The zero-order chi connectivity index (χ0) is 30.4. The summed E-state index contributed by atoms with van der Waals surface area (Å²) < 4.78 is 7.44. The van der Waals surface area contributed by atoms with Gasteiger partial charge in [-0.3, -0.25) is 9.36 Å². The Labute approximate surface area is 255 Å². The zero-order valence-electron chi connectivity index (χ0n) is 24.4. The molecule has 0 bridgehead atoms. The minimum Gasteiger partial charge on any atom is -0.462 e. The number of ether oxygens (including phenoxy) is 1. The van der Waals surface area contributed by atoms with Crippen LogP contribution in [0.3, 0.4) is 0 Å². The number of esters is 1. The van der Waals surface area contributed by atoms with Crippen molar-refractivity contribution in [1.82, 2.24) is 14.5 Å². The van der Waals surface area contributed by atoms with Crippen LogP contribution in [0.25, 0.3) is 16.1 Å². The molecule has 43 heavy (non-hydrogen) atoms. The number of piperidine rings is 1. The topological polar surface area (TPSA) is 113 Å². The van der Waals surface area contributed by atoms with E-state index in [2.05, 4.69) is 25.0 Å². The van der Waals surface area contributed by atoms with Gasteiger partial charge in [-0.05, 0) is 25.8 Å². The molecule has 0 amide bonds. The maximum Gasteiger partial charge on any atom is 0.324 e. The van der Waals surface area contributed by atoms with E-state index in [1.807, 2.05) is 87.5 Å². The average molecular weight is 593 g/mol. The second-order valence-electron chi connectivity index (χ2n) is 10.9. The molecular weight excluding hydrogens is 560 g/mol. The van der Waals surface area contributed by atoms with E-state index >= 15 is 0 Å². The number of anilines is 1. The van der Waals surface area contributed by atoms with Crippen molar-refractivity contribution in [3.8, 4) is 17.3 Å². The second-order valence-corrected chi connectivity index (χ2v) is 11.9. The fraction of sp³-hybridized carbons (Fsp3) is 0.344. The van der Waals surface area contributed by atoms with Crippen LogP contribution in [-0.2, 0) is 16.1 Å². The fourth-order valence-corrected chi connectivity index (χ4v) is 5.57. The van der Waals surface area contributed by atoms with Crippen molar-refractivity contribution < 1.29 is 9.53 Å². The maximum atomic E-state index is 12.6. The van der Waals surface area contributed by atoms with Gasteiger partial charge in [-0.1, -0.05) is 90.6 Å². The van der Waals surface area contributed by atoms with Gasteiger partial charge in [-0.15, -0.1) is 5.11 Å². The SMILES string of the molecule is [C-]#[N+]c1c(C#N)nc(N=Nc2sc(N3CCC(OC(=O)C(C)(C)CC)CC3)nc2-c2ccccc2)n1Cc1ccccc1. The molecule has 5 rings (SSSR count). The lowest BCUT2D eigenvalue weighted by Crippen LogP contribution is -2.39. The lowest BCUT2D eigenvalue weighted by molar-refractivity contribution is -0.160. The number of hydrogen-bond donors (Lipinski definition) is 0. The zero-order valence-corrected chi connectivity index (χ0v) is 25.2. The number of hydrogen-bond acceptors (Lipinski definition) is 9. The summed E-state index contributed by atoms with van der Waals surface area (Å²) in [5.74, 6) is 0.154. The van der Waals surface area contributed by atoms with Crippen molar-refractivity contribution in [2.45, 2.75) is 52.7 Å². The summed E-state index contributed by atoms with van der Waals surface area (Å²) in [6, 6.07) is 21.4. The number of azo groups is 1. The third kappa shape index (κ3) is 6.63. The van der Waals surface area contributed by atoms with Gasteiger partial charge < -0.3 is 14.5 Å². The second kappa shape index (κ2) is 13.0. The molecule has 0 radical (unpaired) electrons. The number of benzene rings is 2. The fourth-order valence-electron chi connectivity index (χ4n) is 4.61. The van der Waals surface area contributed by atoms with Crippen LogP contribution < -0.4 is 4.90 Å². The highest BCUT2D eigenvalue weighted by Gasteiger charge is 2.32. The van der Waals surface area contributed by atoms with Gasteiger partial charge in [0.25, 0.3) is 5.82 Å². The highest BCUT2D eigenvalue weighted by atomic mass is 32.1. The standard InChI is InChI=1S/C32H32N8O2S/c1-5-32(2,3)29(41)42-24-16-18-39(19-17-24)31-36-26(23-14-10-7-11-15-23)28(43-31)37-38-30-35-25(20-33)27(34-4)40(30)21-22-12-8-6-9-13-22/h6-15,24H,5,16-19,21H2,1-3H3. The van der Waals surface area contributed by atoms with Crippen molar-refractivity contribution in [2.24, 2.45) is 15.6 Å². The molecule has 0 aliphatic carbocycles. The smallest absolute Gasteiger partial charge is 0.324 e. The molecule has 3 heterocycles. The first kappa shape index (κ1) is 29.6. The van der Waals surface area contributed by atoms with E-state index in [-0.39, 0.29) is 29.5 Å². The van der Waals surface area contributed by atoms with E-state index in [0.717, 1.165) is 35.5 Å². The normalized spacial score (nSPS) is 14.0. The molecule has 1 aliphatic heterocycles. The van der Waals surface area contributed by atoms with E-state index in [1.54, 1.807) is 4.57 Å². The third-order valence-electron chi connectivity index (χ3n) is 7.61. The van der Waals surface area contributed by atoms with Crippen LogP contribution in [0.5, 0.6) is 0 Å². The molecule has 1 fully saturated rings.